The van der Waals surface area contributed by atoms with Gasteiger partial charge in [0.25, 0.3) is 0 Å². The van der Waals surface area contributed by atoms with Crippen LogP contribution in [-0.4, -0.2) is 17.5 Å². The molecule has 134 valence electrons. The molecule has 0 spiro atoms. The first kappa shape index (κ1) is 16.8. The van der Waals surface area contributed by atoms with Crippen molar-refractivity contribution in [2.45, 2.75) is 6.92 Å². The Kier molecular flexibility index (Phi) is 4.12. The Hall–Kier alpha value is -3.60. The van der Waals surface area contributed by atoms with E-state index in [0.29, 0.717) is 16.5 Å². The number of ketones is 1. The fourth-order valence-electron chi connectivity index (χ4n) is 3.04. The van der Waals surface area contributed by atoms with Crippen molar-refractivity contribution in [1.29, 1.82) is 0 Å². The van der Waals surface area contributed by atoms with Crippen LogP contribution < -0.4 is 10.2 Å². The van der Waals surface area contributed by atoms with Gasteiger partial charge in [-0.3, -0.25) is 9.59 Å². The maximum atomic E-state index is 12.7. The van der Waals surface area contributed by atoms with E-state index in [4.69, 9.17) is 9.15 Å². The van der Waals surface area contributed by atoms with Crippen molar-refractivity contribution in [2.75, 3.05) is 6.61 Å². The highest BCUT2D eigenvalue weighted by Crippen LogP contribution is 2.31. The van der Waals surface area contributed by atoms with Crippen molar-refractivity contribution in [3.63, 3.8) is 0 Å². The minimum atomic E-state index is -0.306. The number of hydrogen-bond donors (Lipinski definition) is 1. The topological polar surface area (TPSA) is 76.7 Å². The Labute approximate surface area is 154 Å². The van der Waals surface area contributed by atoms with Gasteiger partial charge >= 0.3 is 0 Å². The smallest absolute Gasteiger partial charge is 0.204 e. The molecule has 0 aliphatic carbocycles. The van der Waals surface area contributed by atoms with Gasteiger partial charge in [-0.15, -0.1) is 0 Å². The van der Waals surface area contributed by atoms with E-state index in [1.54, 1.807) is 36.4 Å². The van der Waals surface area contributed by atoms with E-state index in [2.05, 4.69) is 0 Å². The van der Waals surface area contributed by atoms with E-state index >= 15 is 0 Å². The van der Waals surface area contributed by atoms with Crippen molar-refractivity contribution < 1.29 is 19.1 Å². The Morgan fingerprint density at radius 2 is 1.85 bits per heavy atom. The van der Waals surface area contributed by atoms with Crippen molar-refractivity contribution in [1.82, 2.24) is 0 Å². The molecule has 0 atom stereocenters. The fourth-order valence-corrected chi connectivity index (χ4v) is 3.04. The van der Waals surface area contributed by atoms with E-state index in [0.717, 1.165) is 5.56 Å². The molecular weight excluding hydrogens is 344 g/mol. The number of rotatable bonds is 4. The summed E-state index contributed by atoms with van der Waals surface area (Å²) in [5.41, 5.74) is 1.72. The molecule has 0 amide bonds. The second-order valence-electron chi connectivity index (χ2n) is 6.28. The zero-order valence-electron chi connectivity index (χ0n) is 14.6. The molecule has 5 nitrogen and oxygen atoms in total. The zero-order valence-corrected chi connectivity index (χ0v) is 14.6. The third-order valence-corrected chi connectivity index (χ3v) is 4.42. The molecule has 0 saturated carbocycles. The molecule has 0 unspecified atom stereocenters. The lowest BCUT2D eigenvalue weighted by Crippen LogP contribution is -2.11. The quantitative estimate of drug-likeness (QED) is 0.435. The third-order valence-electron chi connectivity index (χ3n) is 4.42. The molecule has 27 heavy (non-hydrogen) atoms. The summed E-state index contributed by atoms with van der Waals surface area (Å²) in [4.78, 5) is 24.9. The highest BCUT2D eigenvalue weighted by molar-refractivity contribution is 5.97. The summed E-state index contributed by atoms with van der Waals surface area (Å²) in [5.74, 6) is -0.182. The number of hydrogen-bond acceptors (Lipinski definition) is 5. The van der Waals surface area contributed by atoms with Crippen LogP contribution in [0.15, 0.2) is 69.9 Å². The molecule has 0 aliphatic heterocycles. The number of benzene rings is 3. The van der Waals surface area contributed by atoms with E-state index in [1.165, 1.54) is 12.1 Å². The molecule has 0 aliphatic rings. The Morgan fingerprint density at radius 3 is 2.63 bits per heavy atom. The summed E-state index contributed by atoms with van der Waals surface area (Å²) in [6, 6.07) is 16.9. The lowest BCUT2D eigenvalue weighted by atomic mass is 10.1. The van der Waals surface area contributed by atoms with Crippen LogP contribution in [0.4, 0.5) is 0 Å². The van der Waals surface area contributed by atoms with Crippen LogP contribution in [0.5, 0.6) is 11.5 Å². The van der Waals surface area contributed by atoms with E-state index in [9.17, 15) is 14.7 Å². The van der Waals surface area contributed by atoms with Crippen LogP contribution in [0, 0.1) is 6.92 Å². The van der Waals surface area contributed by atoms with Gasteiger partial charge in [0, 0.05) is 17.7 Å². The lowest BCUT2D eigenvalue weighted by molar-refractivity contribution is 0.0921. The van der Waals surface area contributed by atoms with Gasteiger partial charge in [0.05, 0.1) is 5.39 Å². The summed E-state index contributed by atoms with van der Waals surface area (Å²) in [7, 11) is 0. The minimum Gasteiger partial charge on any atom is -0.507 e. The average Bonchev–Trinajstić information content (AvgIpc) is 2.67. The number of phenols is 1. The molecule has 3 aromatic carbocycles. The maximum Gasteiger partial charge on any atom is 0.204 e. The number of para-hydroxylation sites is 1. The van der Waals surface area contributed by atoms with E-state index in [1.807, 2.05) is 19.1 Å². The number of carbonyl (C=O) groups excluding carboxylic acids is 1. The van der Waals surface area contributed by atoms with Gasteiger partial charge < -0.3 is 14.3 Å². The first-order chi connectivity index (χ1) is 13.0. The molecule has 0 bridgehead atoms. The predicted octanol–water partition coefficient (Wildman–Crippen LogP) is 4.22. The van der Waals surface area contributed by atoms with Crippen molar-refractivity contribution >= 4 is 27.7 Å². The molecule has 1 heterocycles. The first-order valence-corrected chi connectivity index (χ1v) is 8.45. The summed E-state index contributed by atoms with van der Waals surface area (Å²) in [5, 5.41) is 10.8. The molecule has 0 fully saturated rings. The molecule has 5 heteroatoms. The highest BCUT2D eigenvalue weighted by Gasteiger charge is 2.15. The Morgan fingerprint density at radius 1 is 1.07 bits per heavy atom. The van der Waals surface area contributed by atoms with Crippen LogP contribution in [-0.2, 0) is 0 Å². The number of aromatic hydroxyl groups is 1. The second-order valence-corrected chi connectivity index (χ2v) is 6.28. The van der Waals surface area contributed by atoms with Crippen molar-refractivity contribution in [2.24, 2.45) is 0 Å². The van der Waals surface area contributed by atoms with Gasteiger partial charge in [0.15, 0.2) is 12.4 Å². The molecule has 1 N–H and O–H groups in total. The lowest BCUT2D eigenvalue weighted by Gasteiger charge is -2.09. The second kappa shape index (κ2) is 6.61. The summed E-state index contributed by atoms with van der Waals surface area (Å²) < 4.78 is 11.4. The number of Topliss-reactive ketones (excluding diaryl/α,β-unsaturated/α-hetero) is 1. The summed E-state index contributed by atoms with van der Waals surface area (Å²) >= 11 is 0. The van der Waals surface area contributed by atoms with Crippen molar-refractivity contribution in [3.05, 3.63) is 82.0 Å². The van der Waals surface area contributed by atoms with Gasteiger partial charge in [-0.2, -0.15) is 0 Å². The molecule has 0 saturated heterocycles. The molecule has 4 rings (SSSR count). The van der Waals surface area contributed by atoms with Crippen LogP contribution in [0.1, 0.15) is 15.9 Å². The van der Waals surface area contributed by atoms with Crippen LogP contribution in [0.2, 0.25) is 0 Å². The summed E-state index contributed by atoms with van der Waals surface area (Å²) in [6.45, 7) is 1.65. The van der Waals surface area contributed by atoms with Gasteiger partial charge in [-0.05, 0) is 18.6 Å². The molecule has 4 aromatic rings. The normalized spacial score (nSPS) is 11.0. The monoisotopic (exact) mass is 360 g/mol. The first-order valence-electron chi connectivity index (χ1n) is 8.45. The number of aryl methyl sites for hydroxylation is 1. The van der Waals surface area contributed by atoms with Gasteiger partial charge in [0.2, 0.25) is 5.43 Å². The number of fused-ring (bicyclic) bond motifs is 2. The van der Waals surface area contributed by atoms with Crippen molar-refractivity contribution in [3.8, 4) is 11.5 Å². The third kappa shape index (κ3) is 3.04. The van der Waals surface area contributed by atoms with Gasteiger partial charge in [-0.1, -0.05) is 42.5 Å². The largest absolute Gasteiger partial charge is 0.507 e. The number of phenolic OH excluding ortho intramolecular Hbond substituents is 1. The highest BCUT2D eigenvalue weighted by atomic mass is 16.5. The molecule has 1 aromatic heterocycles. The number of ether oxygens (including phenoxy) is 1. The molecular formula is C22H16O5. The van der Waals surface area contributed by atoms with Gasteiger partial charge in [-0.25, -0.2) is 0 Å². The zero-order chi connectivity index (χ0) is 19.0. The predicted molar refractivity (Wildman–Crippen MR) is 103 cm³/mol. The number of carbonyl (C=O) groups is 1. The fraction of sp³-hybridized carbons (Fsp3) is 0.0909. The van der Waals surface area contributed by atoms with Crippen LogP contribution in [0.25, 0.3) is 21.9 Å². The van der Waals surface area contributed by atoms with E-state index < -0.39 is 0 Å². The standard InChI is InChI=1S/C22H16O5/c1-13-6-5-9-16-21(25)20-17(23)10-15(11-19(20)27-22(13)16)26-12-18(24)14-7-3-2-4-8-14/h2-11,23H,12H2,1H3. The van der Waals surface area contributed by atoms with E-state index in [-0.39, 0.29) is 40.3 Å². The van der Waals surface area contributed by atoms with Gasteiger partial charge in [0.1, 0.15) is 28.1 Å². The maximum absolute atomic E-state index is 12.7. The Balaban J connectivity index is 1.73. The molecule has 0 radical (unpaired) electrons. The SMILES string of the molecule is Cc1cccc2c(=O)c3c(O)cc(OCC(=O)c4ccccc4)cc3oc12. The summed E-state index contributed by atoms with van der Waals surface area (Å²) in [6.07, 6.45) is 0. The minimum absolute atomic E-state index is 0.0924. The van der Waals surface area contributed by atoms with Crippen LogP contribution in [0.3, 0.4) is 0 Å². The van der Waals surface area contributed by atoms with Crippen LogP contribution >= 0.6 is 0 Å². The average molecular weight is 360 g/mol. The Bertz CT molecular complexity index is 1220.